The standard InChI is InChI=1S/C12H15ClN4/c1-8(2)6-17-7-15-16-12(17)9-4-3-5-10(13)11(9)14/h3-5,7-8H,6,14H2,1-2H3. The zero-order valence-electron chi connectivity index (χ0n) is 9.89. The van der Waals surface area contributed by atoms with Gasteiger partial charge in [0.15, 0.2) is 5.82 Å². The molecule has 4 nitrogen and oxygen atoms in total. The Hall–Kier alpha value is -1.55. The molecule has 0 amide bonds. The zero-order chi connectivity index (χ0) is 12.4. The van der Waals surface area contributed by atoms with E-state index < -0.39 is 0 Å². The van der Waals surface area contributed by atoms with Gasteiger partial charge in [0.1, 0.15) is 6.33 Å². The van der Waals surface area contributed by atoms with Crippen molar-refractivity contribution in [3.05, 3.63) is 29.5 Å². The van der Waals surface area contributed by atoms with Gasteiger partial charge in [-0.05, 0) is 18.1 Å². The molecule has 0 saturated heterocycles. The van der Waals surface area contributed by atoms with Crippen LogP contribution in [0.2, 0.25) is 5.02 Å². The van der Waals surface area contributed by atoms with Gasteiger partial charge in [-0.25, -0.2) is 0 Å². The maximum absolute atomic E-state index is 6.01. The lowest BCUT2D eigenvalue weighted by atomic mass is 10.1. The van der Waals surface area contributed by atoms with Crippen LogP contribution in [0.3, 0.4) is 0 Å². The fourth-order valence-corrected chi connectivity index (χ4v) is 1.90. The van der Waals surface area contributed by atoms with Crippen LogP contribution in [0.4, 0.5) is 5.69 Å². The molecule has 2 aromatic rings. The maximum atomic E-state index is 6.01. The van der Waals surface area contributed by atoms with E-state index in [1.54, 1.807) is 12.4 Å². The smallest absolute Gasteiger partial charge is 0.165 e. The second kappa shape index (κ2) is 4.75. The zero-order valence-corrected chi connectivity index (χ0v) is 10.6. The van der Waals surface area contributed by atoms with Crippen molar-refractivity contribution in [1.82, 2.24) is 14.8 Å². The molecule has 0 radical (unpaired) electrons. The van der Waals surface area contributed by atoms with Gasteiger partial charge in [0.25, 0.3) is 0 Å². The van der Waals surface area contributed by atoms with Crippen LogP contribution in [0.25, 0.3) is 11.4 Å². The van der Waals surface area contributed by atoms with Gasteiger partial charge in [-0.15, -0.1) is 10.2 Å². The van der Waals surface area contributed by atoms with Gasteiger partial charge in [0, 0.05) is 12.1 Å². The minimum Gasteiger partial charge on any atom is -0.397 e. The predicted octanol–water partition coefficient (Wildman–Crippen LogP) is 2.84. The van der Waals surface area contributed by atoms with E-state index in [0.717, 1.165) is 17.9 Å². The van der Waals surface area contributed by atoms with Gasteiger partial charge in [-0.3, -0.25) is 0 Å². The number of halogens is 1. The van der Waals surface area contributed by atoms with Crippen LogP contribution in [0.1, 0.15) is 13.8 Å². The van der Waals surface area contributed by atoms with Gasteiger partial charge in [-0.1, -0.05) is 31.5 Å². The molecule has 1 heterocycles. The second-order valence-electron chi connectivity index (χ2n) is 4.40. The minimum absolute atomic E-state index is 0.519. The van der Waals surface area contributed by atoms with Gasteiger partial charge in [-0.2, -0.15) is 0 Å². The number of nitrogens with two attached hydrogens (primary N) is 1. The fourth-order valence-electron chi connectivity index (χ4n) is 1.72. The van der Waals surface area contributed by atoms with Gasteiger partial charge < -0.3 is 10.3 Å². The molecular weight excluding hydrogens is 236 g/mol. The highest BCUT2D eigenvalue weighted by molar-refractivity contribution is 6.33. The van der Waals surface area contributed by atoms with E-state index in [-0.39, 0.29) is 0 Å². The topological polar surface area (TPSA) is 56.7 Å². The number of benzene rings is 1. The monoisotopic (exact) mass is 250 g/mol. The molecule has 0 aliphatic rings. The van der Waals surface area contributed by atoms with E-state index in [1.165, 1.54) is 0 Å². The molecule has 0 aliphatic carbocycles. The summed E-state index contributed by atoms with van der Waals surface area (Å²) in [6.07, 6.45) is 1.72. The van der Waals surface area contributed by atoms with Crippen LogP contribution in [0.5, 0.6) is 0 Å². The average Bonchev–Trinajstić information content (AvgIpc) is 2.69. The molecular formula is C12H15ClN4. The highest BCUT2D eigenvalue weighted by atomic mass is 35.5. The largest absolute Gasteiger partial charge is 0.397 e. The van der Waals surface area contributed by atoms with Crippen LogP contribution in [0.15, 0.2) is 24.5 Å². The Morgan fingerprint density at radius 3 is 2.88 bits per heavy atom. The van der Waals surface area contributed by atoms with E-state index in [2.05, 4.69) is 24.0 Å². The third-order valence-electron chi connectivity index (χ3n) is 2.47. The lowest BCUT2D eigenvalue weighted by Gasteiger charge is -2.11. The Balaban J connectivity index is 2.46. The van der Waals surface area contributed by atoms with Crippen molar-refractivity contribution in [2.75, 3.05) is 5.73 Å². The number of nitrogens with zero attached hydrogens (tertiary/aromatic N) is 3. The summed E-state index contributed by atoms with van der Waals surface area (Å²) in [5, 5.41) is 8.60. The lowest BCUT2D eigenvalue weighted by molar-refractivity contribution is 0.525. The summed E-state index contributed by atoms with van der Waals surface area (Å²) in [4.78, 5) is 0. The molecule has 1 aromatic heterocycles. The third kappa shape index (κ3) is 2.42. The van der Waals surface area contributed by atoms with Crippen LogP contribution < -0.4 is 5.73 Å². The van der Waals surface area contributed by atoms with Crippen molar-refractivity contribution in [2.45, 2.75) is 20.4 Å². The highest BCUT2D eigenvalue weighted by Crippen LogP contribution is 2.30. The highest BCUT2D eigenvalue weighted by Gasteiger charge is 2.12. The van der Waals surface area contributed by atoms with Gasteiger partial charge >= 0.3 is 0 Å². The van der Waals surface area contributed by atoms with Crippen LogP contribution in [-0.4, -0.2) is 14.8 Å². The quantitative estimate of drug-likeness (QED) is 0.853. The van der Waals surface area contributed by atoms with Crippen molar-refractivity contribution < 1.29 is 0 Å². The first-order chi connectivity index (χ1) is 8.09. The van der Waals surface area contributed by atoms with E-state index >= 15 is 0 Å². The van der Waals surface area contributed by atoms with E-state index in [0.29, 0.717) is 16.6 Å². The molecule has 2 N–H and O–H groups in total. The summed E-state index contributed by atoms with van der Waals surface area (Å²) in [5.74, 6) is 1.28. The van der Waals surface area contributed by atoms with Crippen LogP contribution in [-0.2, 0) is 6.54 Å². The maximum Gasteiger partial charge on any atom is 0.165 e. The Bertz CT molecular complexity index is 519. The van der Waals surface area contributed by atoms with Crippen molar-refractivity contribution >= 4 is 17.3 Å². The van der Waals surface area contributed by atoms with Crippen molar-refractivity contribution in [3.63, 3.8) is 0 Å². The number of hydrogen-bond acceptors (Lipinski definition) is 3. The molecule has 0 spiro atoms. The number of rotatable bonds is 3. The fraction of sp³-hybridized carbons (Fsp3) is 0.333. The molecule has 17 heavy (non-hydrogen) atoms. The Morgan fingerprint density at radius 2 is 2.18 bits per heavy atom. The van der Waals surface area contributed by atoms with Crippen LogP contribution >= 0.6 is 11.6 Å². The van der Waals surface area contributed by atoms with Crippen molar-refractivity contribution in [3.8, 4) is 11.4 Å². The Kier molecular flexibility index (Phi) is 3.33. The number of aromatic nitrogens is 3. The molecule has 0 fully saturated rings. The molecule has 0 saturated carbocycles. The first kappa shape index (κ1) is 11.9. The van der Waals surface area contributed by atoms with Crippen molar-refractivity contribution in [2.24, 2.45) is 5.92 Å². The molecule has 0 aliphatic heterocycles. The van der Waals surface area contributed by atoms with Crippen LogP contribution in [0, 0.1) is 5.92 Å². The summed E-state index contributed by atoms with van der Waals surface area (Å²) >= 11 is 6.01. The SMILES string of the molecule is CC(C)Cn1cnnc1-c1cccc(Cl)c1N. The molecule has 1 aromatic carbocycles. The van der Waals surface area contributed by atoms with E-state index in [1.807, 2.05) is 16.7 Å². The van der Waals surface area contributed by atoms with Gasteiger partial charge in [0.05, 0.1) is 10.7 Å². The first-order valence-electron chi connectivity index (χ1n) is 5.51. The third-order valence-corrected chi connectivity index (χ3v) is 2.80. The molecule has 0 atom stereocenters. The Labute approximate surface area is 105 Å². The summed E-state index contributed by atoms with van der Waals surface area (Å²) < 4.78 is 1.99. The summed E-state index contributed by atoms with van der Waals surface area (Å²) in [6.45, 7) is 5.14. The number of hydrogen-bond donors (Lipinski definition) is 1. The number of nitrogen functional groups attached to an aromatic ring is 1. The molecule has 90 valence electrons. The lowest BCUT2D eigenvalue weighted by Crippen LogP contribution is -2.06. The Morgan fingerprint density at radius 1 is 1.41 bits per heavy atom. The molecule has 0 unspecified atom stereocenters. The van der Waals surface area contributed by atoms with Gasteiger partial charge in [0.2, 0.25) is 0 Å². The molecule has 5 heteroatoms. The number of para-hydroxylation sites is 1. The predicted molar refractivity (Wildman–Crippen MR) is 69.7 cm³/mol. The normalized spacial score (nSPS) is 11.1. The molecule has 0 bridgehead atoms. The van der Waals surface area contributed by atoms with E-state index in [4.69, 9.17) is 17.3 Å². The second-order valence-corrected chi connectivity index (χ2v) is 4.81. The summed E-state index contributed by atoms with van der Waals surface area (Å²) in [7, 11) is 0. The summed E-state index contributed by atoms with van der Waals surface area (Å²) in [6, 6.07) is 5.54. The average molecular weight is 251 g/mol. The summed E-state index contributed by atoms with van der Waals surface area (Å²) in [5.41, 5.74) is 7.34. The van der Waals surface area contributed by atoms with E-state index in [9.17, 15) is 0 Å². The first-order valence-corrected chi connectivity index (χ1v) is 5.89. The minimum atomic E-state index is 0.519. The van der Waals surface area contributed by atoms with Crippen molar-refractivity contribution in [1.29, 1.82) is 0 Å². The molecule has 2 rings (SSSR count). The number of anilines is 1.